The molecule has 0 atom stereocenters. The number of aliphatic hydroxyl groups is 1. The van der Waals surface area contributed by atoms with Gasteiger partial charge in [0.25, 0.3) is 0 Å². The molecule has 15 heavy (non-hydrogen) atoms. The van der Waals surface area contributed by atoms with Crippen LogP contribution in [0.2, 0.25) is 0 Å². The van der Waals surface area contributed by atoms with Crippen LogP contribution in [0.15, 0.2) is 18.2 Å². The van der Waals surface area contributed by atoms with Crippen molar-refractivity contribution in [3.05, 3.63) is 23.8 Å². The number of benzene rings is 1. The number of nitrogens with one attached hydrogen (secondary N) is 1. The Morgan fingerprint density at radius 3 is 2.80 bits per heavy atom. The SMILES string of the molecule is CCOc1ccc(NCCCO)cc1C. The van der Waals surface area contributed by atoms with E-state index >= 15 is 0 Å². The fourth-order valence-corrected chi connectivity index (χ4v) is 1.39. The van der Waals surface area contributed by atoms with Crippen LogP contribution in [-0.4, -0.2) is 24.9 Å². The maximum absolute atomic E-state index is 8.65. The Morgan fingerprint density at radius 1 is 1.40 bits per heavy atom. The van der Waals surface area contributed by atoms with Crippen LogP contribution in [0.25, 0.3) is 0 Å². The second-order valence-electron chi connectivity index (χ2n) is 3.42. The molecule has 0 aliphatic rings. The third-order valence-corrected chi connectivity index (χ3v) is 2.14. The van der Waals surface area contributed by atoms with Crippen LogP contribution < -0.4 is 10.1 Å². The van der Waals surface area contributed by atoms with Gasteiger partial charge in [0.2, 0.25) is 0 Å². The minimum atomic E-state index is 0.225. The first kappa shape index (κ1) is 11.9. The van der Waals surface area contributed by atoms with Gasteiger partial charge in [-0.1, -0.05) is 0 Å². The lowest BCUT2D eigenvalue weighted by Crippen LogP contribution is -2.03. The molecule has 1 aromatic carbocycles. The smallest absolute Gasteiger partial charge is 0.122 e. The van der Waals surface area contributed by atoms with Crippen LogP contribution in [0, 0.1) is 6.92 Å². The molecular formula is C12H19NO2. The monoisotopic (exact) mass is 209 g/mol. The second kappa shape index (κ2) is 6.30. The van der Waals surface area contributed by atoms with Gasteiger partial charge in [-0.05, 0) is 44.0 Å². The first-order valence-electron chi connectivity index (χ1n) is 5.36. The predicted octanol–water partition coefficient (Wildman–Crippen LogP) is 2.19. The van der Waals surface area contributed by atoms with Crippen molar-refractivity contribution < 1.29 is 9.84 Å². The molecule has 0 radical (unpaired) electrons. The largest absolute Gasteiger partial charge is 0.494 e. The molecule has 0 fully saturated rings. The van der Waals surface area contributed by atoms with Gasteiger partial charge in [-0.15, -0.1) is 0 Å². The molecule has 1 aromatic rings. The molecule has 0 aromatic heterocycles. The highest BCUT2D eigenvalue weighted by Crippen LogP contribution is 2.21. The van der Waals surface area contributed by atoms with E-state index in [0.717, 1.165) is 30.0 Å². The van der Waals surface area contributed by atoms with Gasteiger partial charge < -0.3 is 15.2 Å². The molecule has 0 heterocycles. The molecule has 0 aliphatic carbocycles. The van der Waals surface area contributed by atoms with E-state index in [9.17, 15) is 0 Å². The quantitative estimate of drug-likeness (QED) is 0.706. The Morgan fingerprint density at radius 2 is 2.20 bits per heavy atom. The van der Waals surface area contributed by atoms with Gasteiger partial charge >= 0.3 is 0 Å². The molecule has 0 saturated heterocycles. The van der Waals surface area contributed by atoms with Crippen LogP contribution in [-0.2, 0) is 0 Å². The molecule has 0 saturated carbocycles. The zero-order chi connectivity index (χ0) is 11.1. The van der Waals surface area contributed by atoms with E-state index in [2.05, 4.69) is 11.4 Å². The van der Waals surface area contributed by atoms with Crippen LogP contribution in [0.4, 0.5) is 5.69 Å². The van der Waals surface area contributed by atoms with Gasteiger partial charge in [0.05, 0.1) is 6.61 Å². The van der Waals surface area contributed by atoms with Gasteiger partial charge in [-0.3, -0.25) is 0 Å². The summed E-state index contributed by atoms with van der Waals surface area (Å²) < 4.78 is 5.45. The number of hydrogen-bond acceptors (Lipinski definition) is 3. The normalized spacial score (nSPS) is 10.1. The highest BCUT2D eigenvalue weighted by molar-refractivity contribution is 5.50. The third-order valence-electron chi connectivity index (χ3n) is 2.14. The van der Waals surface area contributed by atoms with Gasteiger partial charge in [0.15, 0.2) is 0 Å². The molecule has 0 amide bonds. The van der Waals surface area contributed by atoms with Gasteiger partial charge in [0.1, 0.15) is 5.75 Å². The van der Waals surface area contributed by atoms with E-state index in [1.165, 1.54) is 0 Å². The highest BCUT2D eigenvalue weighted by atomic mass is 16.5. The standard InChI is InChI=1S/C12H19NO2/c1-3-15-12-6-5-11(9-10(12)2)13-7-4-8-14/h5-6,9,13-14H,3-4,7-8H2,1-2H3. The van der Waals surface area contributed by atoms with E-state index in [1.54, 1.807) is 0 Å². The molecule has 2 N–H and O–H groups in total. The van der Waals surface area contributed by atoms with Gasteiger partial charge in [-0.25, -0.2) is 0 Å². The summed E-state index contributed by atoms with van der Waals surface area (Å²) in [5.41, 5.74) is 2.20. The average Bonchev–Trinajstić information content (AvgIpc) is 2.23. The lowest BCUT2D eigenvalue weighted by atomic mass is 10.2. The zero-order valence-corrected chi connectivity index (χ0v) is 9.42. The molecule has 0 unspecified atom stereocenters. The van der Waals surface area contributed by atoms with Crippen molar-refractivity contribution in [2.75, 3.05) is 25.1 Å². The first-order valence-corrected chi connectivity index (χ1v) is 5.36. The summed E-state index contributed by atoms with van der Waals surface area (Å²) in [5.74, 6) is 0.935. The second-order valence-corrected chi connectivity index (χ2v) is 3.42. The third kappa shape index (κ3) is 3.80. The number of aliphatic hydroxyl groups excluding tert-OH is 1. The average molecular weight is 209 g/mol. The topological polar surface area (TPSA) is 41.5 Å². The maximum atomic E-state index is 8.65. The Kier molecular flexibility index (Phi) is 4.98. The van der Waals surface area contributed by atoms with Crippen molar-refractivity contribution in [2.24, 2.45) is 0 Å². The Bertz CT molecular complexity index is 300. The molecule has 0 aliphatic heterocycles. The van der Waals surface area contributed by atoms with E-state index in [4.69, 9.17) is 9.84 Å². The minimum Gasteiger partial charge on any atom is -0.494 e. The van der Waals surface area contributed by atoms with Crippen molar-refractivity contribution in [1.29, 1.82) is 0 Å². The number of anilines is 1. The summed E-state index contributed by atoms with van der Waals surface area (Å²) in [5, 5.41) is 11.9. The van der Waals surface area contributed by atoms with Crippen LogP contribution in [0.1, 0.15) is 18.9 Å². The Hall–Kier alpha value is -1.22. The summed E-state index contributed by atoms with van der Waals surface area (Å²) >= 11 is 0. The molecular weight excluding hydrogens is 190 g/mol. The van der Waals surface area contributed by atoms with Gasteiger partial charge in [-0.2, -0.15) is 0 Å². The highest BCUT2D eigenvalue weighted by Gasteiger charge is 1.99. The predicted molar refractivity (Wildman–Crippen MR) is 62.5 cm³/mol. The summed E-state index contributed by atoms with van der Waals surface area (Å²) in [4.78, 5) is 0. The van der Waals surface area contributed by atoms with Gasteiger partial charge in [0, 0.05) is 18.8 Å². The summed E-state index contributed by atoms with van der Waals surface area (Å²) in [7, 11) is 0. The summed E-state index contributed by atoms with van der Waals surface area (Å²) in [6.07, 6.45) is 0.770. The Balaban J connectivity index is 2.56. The minimum absolute atomic E-state index is 0.225. The summed E-state index contributed by atoms with van der Waals surface area (Å²) in [6, 6.07) is 6.03. The number of ether oxygens (including phenoxy) is 1. The van der Waals surface area contributed by atoms with Crippen LogP contribution in [0.3, 0.4) is 0 Å². The van der Waals surface area contributed by atoms with Crippen molar-refractivity contribution in [1.82, 2.24) is 0 Å². The molecule has 1 rings (SSSR count). The maximum Gasteiger partial charge on any atom is 0.122 e. The van der Waals surface area contributed by atoms with Crippen molar-refractivity contribution in [3.8, 4) is 5.75 Å². The molecule has 3 heteroatoms. The van der Waals surface area contributed by atoms with E-state index in [1.807, 2.05) is 26.0 Å². The van der Waals surface area contributed by atoms with Crippen LogP contribution in [0.5, 0.6) is 5.75 Å². The summed E-state index contributed by atoms with van der Waals surface area (Å²) in [6.45, 7) is 5.72. The fraction of sp³-hybridized carbons (Fsp3) is 0.500. The number of hydrogen-bond donors (Lipinski definition) is 2. The molecule has 84 valence electrons. The van der Waals surface area contributed by atoms with E-state index < -0.39 is 0 Å². The van der Waals surface area contributed by atoms with Crippen molar-refractivity contribution in [3.63, 3.8) is 0 Å². The fourth-order valence-electron chi connectivity index (χ4n) is 1.39. The number of rotatable bonds is 6. The van der Waals surface area contributed by atoms with Crippen molar-refractivity contribution >= 4 is 5.69 Å². The molecule has 3 nitrogen and oxygen atoms in total. The lowest BCUT2D eigenvalue weighted by molar-refractivity contribution is 0.292. The number of aryl methyl sites for hydroxylation is 1. The van der Waals surface area contributed by atoms with E-state index in [0.29, 0.717) is 6.61 Å². The molecule has 0 spiro atoms. The van der Waals surface area contributed by atoms with Crippen LogP contribution >= 0.6 is 0 Å². The lowest BCUT2D eigenvalue weighted by Gasteiger charge is -2.10. The first-order chi connectivity index (χ1) is 7.27. The van der Waals surface area contributed by atoms with E-state index in [-0.39, 0.29) is 6.61 Å². The molecule has 0 bridgehead atoms. The Labute approximate surface area is 91.1 Å². The zero-order valence-electron chi connectivity index (χ0n) is 9.42. The van der Waals surface area contributed by atoms with Crippen molar-refractivity contribution in [2.45, 2.75) is 20.3 Å².